The fourth-order valence-electron chi connectivity index (χ4n) is 2.64. The summed E-state index contributed by atoms with van der Waals surface area (Å²) >= 11 is 0. The molecule has 0 spiro atoms. The lowest BCUT2D eigenvalue weighted by atomic mass is 10.1. The molecule has 0 aliphatic carbocycles. The molecule has 8 heteroatoms. The van der Waals surface area contributed by atoms with Crippen LogP contribution in [0.2, 0.25) is 0 Å². The number of hydroxylamine groups is 1. The van der Waals surface area contributed by atoms with E-state index in [4.69, 9.17) is 10.9 Å². The Bertz CT molecular complexity index is 604. The number of nitrogens with zero attached hydrogens (tertiary/aromatic N) is 1. The third kappa shape index (κ3) is 8.65. The molecule has 1 aromatic carbocycles. The van der Waals surface area contributed by atoms with E-state index in [1.165, 1.54) is 0 Å². The Labute approximate surface area is 160 Å². The van der Waals surface area contributed by atoms with Gasteiger partial charge in [0.05, 0.1) is 0 Å². The van der Waals surface area contributed by atoms with Crippen LogP contribution in [0.15, 0.2) is 24.3 Å². The molecule has 0 atom stereocenters. The molecule has 5 N–H and O–H groups in total. The second-order valence-corrected chi connectivity index (χ2v) is 6.25. The Morgan fingerprint density at radius 3 is 2.11 bits per heavy atom. The Morgan fingerprint density at radius 1 is 1.00 bits per heavy atom. The summed E-state index contributed by atoms with van der Waals surface area (Å²) in [7, 11) is 0. The number of nitrogens with two attached hydrogens (primary N) is 1. The summed E-state index contributed by atoms with van der Waals surface area (Å²) in [4.78, 5) is 36.8. The SMILES string of the molecule is CCN(CCN)C(=O)c1ccc(NC(=O)CCCCCCC(=O)NO)cc1. The number of anilines is 1. The average molecular weight is 378 g/mol. The lowest BCUT2D eigenvalue weighted by Crippen LogP contribution is -2.35. The largest absolute Gasteiger partial charge is 0.338 e. The Kier molecular flexibility index (Phi) is 10.7. The van der Waals surface area contributed by atoms with Gasteiger partial charge in [-0.15, -0.1) is 0 Å². The molecule has 27 heavy (non-hydrogen) atoms. The first kappa shape index (κ1) is 22.6. The van der Waals surface area contributed by atoms with E-state index in [2.05, 4.69) is 5.32 Å². The predicted molar refractivity (Wildman–Crippen MR) is 103 cm³/mol. The maximum atomic E-state index is 12.3. The first-order valence-electron chi connectivity index (χ1n) is 9.34. The molecule has 3 amide bonds. The van der Waals surface area contributed by atoms with Gasteiger partial charge in [-0.1, -0.05) is 12.8 Å². The number of amides is 3. The minimum atomic E-state index is -0.389. The number of carbonyl (C=O) groups is 3. The molecule has 150 valence electrons. The number of hydrogen-bond acceptors (Lipinski definition) is 5. The highest BCUT2D eigenvalue weighted by Crippen LogP contribution is 2.13. The summed E-state index contributed by atoms with van der Waals surface area (Å²) in [5, 5.41) is 11.2. The molecule has 0 aromatic heterocycles. The summed E-state index contributed by atoms with van der Waals surface area (Å²) in [6, 6.07) is 6.83. The number of hydrogen-bond donors (Lipinski definition) is 4. The lowest BCUT2D eigenvalue weighted by molar-refractivity contribution is -0.129. The first-order valence-corrected chi connectivity index (χ1v) is 9.34. The maximum Gasteiger partial charge on any atom is 0.253 e. The molecular weight excluding hydrogens is 348 g/mol. The van der Waals surface area contributed by atoms with Crippen LogP contribution in [0.25, 0.3) is 0 Å². The fraction of sp³-hybridized carbons (Fsp3) is 0.526. The van der Waals surface area contributed by atoms with Gasteiger partial charge in [0, 0.05) is 43.7 Å². The van der Waals surface area contributed by atoms with Gasteiger partial charge in [-0.25, -0.2) is 5.48 Å². The van der Waals surface area contributed by atoms with Crippen molar-refractivity contribution in [3.8, 4) is 0 Å². The Hall–Kier alpha value is -2.45. The summed E-state index contributed by atoms with van der Waals surface area (Å²) < 4.78 is 0. The predicted octanol–water partition coefficient (Wildman–Crippen LogP) is 1.89. The highest BCUT2D eigenvalue weighted by Gasteiger charge is 2.13. The van der Waals surface area contributed by atoms with Gasteiger partial charge in [0.2, 0.25) is 11.8 Å². The van der Waals surface area contributed by atoms with Crippen LogP contribution in [0, 0.1) is 0 Å². The molecular formula is C19H30N4O4. The summed E-state index contributed by atoms with van der Waals surface area (Å²) in [6.45, 7) is 3.43. The fourth-order valence-corrected chi connectivity index (χ4v) is 2.64. The van der Waals surface area contributed by atoms with Crippen LogP contribution in [0.5, 0.6) is 0 Å². The third-order valence-corrected chi connectivity index (χ3v) is 4.17. The van der Waals surface area contributed by atoms with Crippen molar-refractivity contribution in [3.63, 3.8) is 0 Å². The topological polar surface area (TPSA) is 125 Å². The van der Waals surface area contributed by atoms with E-state index in [0.29, 0.717) is 43.7 Å². The summed E-state index contributed by atoms with van der Waals surface area (Å²) in [5.41, 5.74) is 8.33. The quantitative estimate of drug-likeness (QED) is 0.251. The number of nitrogens with one attached hydrogen (secondary N) is 2. The monoisotopic (exact) mass is 378 g/mol. The smallest absolute Gasteiger partial charge is 0.253 e. The van der Waals surface area contributed by atoms with Gasteiger partial charge in [0.15, 0.2) is 0 Å². The second-order valence-electron chi connectivity index (χ2n) is 6.25. The van der Waals surface area contributed by atoms with Crippen LogP contribution in [-0.4, -0.2) is 47.5 Å². The third-order valence-electron chi connectivity index (χ3n) is 4.17. The van der Waals surface area contributed by atoms with E-state index < -0.39 is 0 Å². The van der Waals surface area contributed by atoms with E-state index in [9.17, 15) is 14.4 Å². The van der Waals surface area contributed by atoms with E-state index in [0.717, 1.165) is 19.3 Å². The molecule has 0 saturated carbocycles. The first-order chi connectivity index (χ1) is 13.0. The standard InChI is InChI=1S/C19H30N4O4/c1-2-23(14-13-20)19(26)15-9-11-16(12-10-15)21-17(24)7-5-3-4-6-8-18(25)22-27/h9-12,27H,2-8,13-14,20H2,1H3,(H,21,24)(H,22,25). The van der Waals surface area contributed by atoms with Gasteiger partial charge in [-0.2, -0.15) is 0 Å². The lowest BCUT2D eigenvalue weighted by Gasteiger charge is -2.20. The van der Waals surface area contributed by atoms with E-state index in [1.54, 1.807) is 34.6 Å². The van der Waals surface area contributed by atoms with E-state index in [1.807, 2.05) is 6.92 Å². The minimum absolute atomic E-state index is 0.0734. The second kappa shape index (κ2) is 12.8. The van der Waals surface area contributed by atoms with Gasteiger partial charge >= 0.3 is 0 Å². The number of unbranched alkanes of at least 4 members (excludes halogenated alkanes) is 3. The zero-order chi connectivity index (χ0) is 20.1. The average Bonchev–Trinajstić information content (AvgIpc) is 2.68. The van der Waals surface area contributed by atoms with Crippen molar-refractivity contribution in [1.82, 2.24) is 10.4 Å². The van der Waals surface area contributed by atoms with Crippen molar-refractivity contribution in [2.24, 2.45) is 5.73 Å². The van der Waals surface area contributed by atoms with Crippen molar-refractivity contribution in [3.05, 3.63) is 29.8 Å². The molecule has 0 saturated heterocycles. The molecule has 0 bridgehead atoms. The Balaban J connectivity index is 2.34. The molecule has 0 heterocycles. The summed E-state index contributed by atoms with van der Waals surface area (Å²) in [5.74, 6) is -0.545. The number of carbonyl (C=O) groups excluding carboxylic acids is 3. The van der Waals surface area contributed by atoms with Gasteiger partial charge in [-0.05, 0) is 44.0 Å². The van der Waals surface area contributed by atoms with Gasteiger partial charge in [-0.3, -0.25) is 19.6 Å². The minimum Gasteiger partial charge on any atom is -0.338 e. The number of rotatable bonds is 12. The van der Waals surface area contributed by atoms with Crippen molar-refractivity contribution >= 4 is 23.4 Å². The van der Waals surface area contributed by atoms with Crippen LogP contribution in [-0.2, 0) is 9.59 Å². The molecule has 8 nitrogen and oxygen atoms in total. The zero-order valence-corrected chi connectivity index (χ0v) is 15.9. The van der Waals surface area contributed by atoms with Crippen molar-refractivity contribution in [2.75, 3.05) is 25.0 Å². The van der Waals surface area contributed by atoms with Crippen LogP contribution < -0.4 is 16.5 Å². The van der Waals surface area contributed by atoms with E-state index in [-0.39, 0.29) is 24.1 Å². The molecule has 0 radical (unpaired) electrons. The van der Waals surface area contributed by atoms with Gasteiger partial charge in [0.25, 0.3) is 5.91 Å². The molecule has 0 unspecified atom stereocenters. The molecule has 0 aliphatic rings. The molecule has 1 rings (SSSR count). The van der Waals surface area contributed by atoms with Gasteiger partial charge in [0.1, 0.15) is 0 Å². The van der Waals surface area contributed by atoms with E-state index >= 15 is 0 Å². The van der Waals surface area contributed by atoms with Crippen molar-refractivity contribution in [2.45, 2.75) is 45.4 Å². The molecule has 0 fully saturated rings. The van der Waals surface area contributed by atoms with Crippen LogP contribution in [0.1, 0.15) is 55.8 Å². The Morgan fingerprint density at radius 2 is 1.59 bits per heavy atom. The highest BCUT2D eigenvalue weighted by atomic mass is 16.5. The molecule has 0 aliphatic heterocycles. The summed E-state index contributed by atoms with van der Waals surface area (Å²) in [6.07, 6.45) is 3.76. The zero-order valence-electron chi connectivity index (χ0n) is 15.9. The highest BCUT2D eigenvalue weighted by molar-refractivity contribution is 5.95. The van der Waals surface area contributed by atoms with Gasteiger partial charge < -0.3 is 16.0 Å². The van der Waals surface area contributed by atoms with Crippen LogP contribution in [0.3, 0.4) is 0 Å². The normalized spacial score (nSPS) is 10.3. The van der Waals surface area contributed by atoms with Crippen LogP contribution in [0.4, 0.5) is 5.69 Å². The molecule has 1 aromatic rings. The maximum absolute atomic E-state index is 12.3. The van der Waals surface area contributed by atoms with Crippen LogP contribution >= 0.6 is 0 Å². The van der Waals surface area contributed by atoms with Crippen molar-refractivity contribution < 1.29 is 19.6 Å². The number of likely N-dealkylation sites (N-methyl/N-ethyl adjacent to an activating group) is 1. The number of benzene rings is 1. The van der Waals surface area contributed by atoms with Crippen molar-refractivity contribution in [1.29, 1.82) is 0 Å².